The zero-order chi connectivity index (χ0) is 17.9. The Hall–Kier alpha value is -1.59. The van der Waals surface area contributed by atoms with Crippen LogP contribution < -0.4 is 10.6 Å². The van der Waals surface area contributed by atoms with E-state index in [1.807, 2.05) is 6.92 Å². The van der Waals surface area contributed by atoms with E-state index >= 15 is 0 Å². The molecule has 0 bridgehead atoms. The minimum Gasteiger partial charge on any atom is -0.382 e. The van der Waals surface area contributed by atoms with Gasteiger partial charge < -0.3 is 15.4 Å². The summed E-state index contributed by atoms with van der Waals surface area (Å²) in [5.41, 5.74) is 2.96. The molecule has 1 aliphatic rings. The van der Waals surface area contributed by atoms with Crippen LogP contribution in [0.5, 0.6) is 0 Å². The van der Waals surface area contributed by atoms with Crippen LogP contribution in [0, 0.1) is 0 Å². The Morgan fingerprint density at radius 2 is 2.04 bits per heavy atom. The average molecular weight is 347 g/mol. The molecule has 1 aromatic rings. The van der Waals surface area contributed by atoms with Gasteiger partial charge in [0.1, 0.15) is 0 Å². The number of fused-ring (bicyclic) bond motifs is 1. The zero-order valence-electron chi connectivity index (χ0n) is 16.1. The van der Waals surface area contributed by atoms with E-state index in [1.54, 1.807) is 0 Å². The van der Waals surface area contributed by atoms with Crippen LogP contribution in [0.4, 0.5) is 0 Å². The van der Waals surface area contributed by atoms with Gasteiger partial charge in [0.2, 0.25) is 0 Å². The highest BCUT2D eigenvalue weighted by molar-refractivity contribution is 5.79. The molecule has 0 aliphatic carbocycles. The molecule has 1 heterocycles. The molecule has 1 atom stereocenters. The first-order chi connectivity index (χ1) is 12.2. The molecule has 0 aromatic heterocycles. The minimum absolute atomic E-state index is 0.437. The Kier molecular flexibility index (Phi) is 8.77. The maximum absolute atomic E-state index is 5.37. The fourth-order valence-electron chi connectivity index (χ4n) is 3.10. The average Bonchev–Trinajstić information content (AvgIpc) is 2.65. The van der Waals surface area contributed by atoms with Gasteiger partial charge in [-0.3, -0.25) is 9.89 Å². The van der Waals surface area contributed by atoms with E-state index in [2.05, 4.69) is 53.6 Å². The summed E-state index contributed by atoms with van der Waals surface area (Å²) < 4.78 is 5.37. The number of hydrogen-bond acceptors (Lipinski definition) is 3. The molecule has 0 saturated heterocycles. The zero-order valence-corrected chi connectivity index (χ0v) is 16.1. The van der Waals surface area contributed by atoms with E-state index in [9.17, 15) is 0 Å². The molecule has 0 fully saturated rings. The predicted octanol–water partition coefficient (Wildman–Crippen LogP) is 2.41. The van der Waals surface area contributed by atoms with Crippen LogP contribution in [0.25, 0.3) is 0 Å². The Morgan fingerprint density at radius 1 is 1.24 bits per heavy atom. The van der Waals surface area contributed by atoms with Crippen molar-refractivity contribution in [2.75, 3.05) is 39.4 Å². The van der Waals surface area contributed by atoms with Gasteiger partial charge in [-0.1, -0.05) is 24.3 Å². The summed E-state index contributed by atoms with van der Waals surface area (Å²) >= 11 is 0. The molecular formula is C20H34N4O. The van der Waals surface area contributed by atoms with Gasteiger partial charge in [0, 0.05) is 45.4 Å². The van der Waals surface area contributed by atoms with Crippen molar-refractivity contribution in [2.24, 2.45) is 4.99 Å². The SMILES string of the molecule is CCNC(=NCC(C)N1CCc2ccccc2C1)NCCCOCC. The van der Waals surface area contributed by atoms with Crippen molar-refractivity contribution in [3.05, 3.63) is 35.4 Å². The van der Waals surface area contributed by atoms with E-state index in [0.717, 1.165) is 64.7 Å². The second-order valence-corrected chi connectivity index (χ2v) is 6.54. The van der Waals surface area contributed by atoms with Crippen LogP contribution in [0.1, 0.15) is 38.3 Å². The number of hydrogen-bond donors (Lipinski definition) is 2. The van der Waals surface area contributed by atoms with Crippen molar-refractivity contribution < 1.29 is 4.74 Å². The quantitative estimate of drug-likeness (QED) is 0.410. The molecule has 0 amide bonds. The van der Waals surface area contributed by atoms with E-state index < -0.39 is 0 Å². The molecule has 1 aromatic carbocycles. The monoisotopic (exact) mass is 346 g/mol. The van der Waals surface area contributed by atoms with Crippen LogP contribution in [0.15, 0.2) is 29.3 Å². The third-order valence-electron chi connectivity index (χ3n) is 4.60. The molecule has 5 nitrogen and oxygen atoms in total. The molecule has 2 N–H and O–H groups in total. The highest BCUT2D eigenvalue weighted by Gasteiger charge is 2.20. The Balaban J connectivity index is 1.80. The predicted molar refractivity (Wildman–Crippen MR) is 105 cm³/mol. The van der Waals surface area contributed by atoms with Crippen molar-refractivity contribution in [3.63, 3.8) is 0 Å². The van der Waals surface area contributed by atoms with Gasteiger partial charge in [0.05, 0.1) is 6.54 Å². The number of rotatable bonds is 9. The molecule has 0 saturated carbocycles. The molecule has 1 aliphatic heterocycles. The van der Waals surface area contributed by atoms with Crippen molar-refractivity contribution in [2.45, 2.75) is 46.2 Å². The first kappa shape index (κ1) is 19.7. The fourth-order valence-corrected chi connectivity index (χ4v) is 3.10. The summed E-state index contributed by atoms with van der Waals surface area (Å²) in [4.78, 5) is 7.31. The Bertz CT molecular complexity index is 532. The number of nitrogens with zero attached hydrogens (tertiary/aromatic N) is 2. The van der Waals surface area contributed by atoms with E-state index in [1.165, 1.54) is 11.1 Å². The number of guanidine groups is 1. The van der Waals surface area contributed by atoms with Gasteiger partial charge in [-0.05, 0) is 44.7 Å². The third-order valence-corrected chi connectivity index (χ3v) is 4.60. The lowest BCUT2D eigenvalue weighted by Gasteiger charge is -2.33. The van der Waals surface area contributed by atoms with Crippen molar-refractivity contribution in [3.8, 4) is 0 Å². The molecule has 0 radical (unpaired) electrons. The Labute approximate surface area is 152 Å². The van der Waals surface area contributed by atoms with Crippen LogP contribution in [-0.2, 0) is 17.7 Å². The maximum Gasteiger partial charge on any atom is 0.191 e. The normalized spacial score (nSPS) is 16.4. The molecular weight excluding hydrogens is 312 g/mol. The topological polar surface area (TPSA) is 48.9 Å². The van der Waals surface area contributed by atoms with Crippen molar-refractivity contribution in [1.82, 2.24) is 15.5 Å². The fraction of sp³-hybridized carbons (Fsp3) is 0.650. The van der Waals surface area contributed by atoms with E-state index in [-0.39, 0.29) is 0 Å². The second-order valence-electron chi connectivity index (χ2n) is 6.54. The van der Waals surface area contributed by atoms with Crippen molar-refractivity contribution in [1.29, 1.82) is 0 Å². The first-order valence-electron chi connectivity index (χ1n) is 9.65. The highest BCUT2D eigenvalue weighted by Crippen LogP contribution is 2.20. The first-order valence-corrected chi connectivity index (χ1v) is 9.65. The van der Waals surface area contributed by atoms with E-state index in [4.69, 9.17) is 9.73 Å². The molecule has 1 unspecified atom stereocenters. The minimum atomic E-state index is 0.437. The standard InChI is InChI=1S/C20H34N4O/c1-4-21-20(22-12-8-14-25-5-2)23-15-17(3)24-13-11-18-9-6-7-10-19(18)16-24/h6-7,9-10,17H,4-5,8,11-16H2,1-3H3,(H2,21,22,23). The lowest BCUT2D eigenvalue weighted by molar-refractivity contribution is 0.145. The summed E-state index contributed by atoms with van der Waals surface area (Å²) in [5, 5.41) is 6.72. The van der Waals surface area contributed by atoms with Gasteiger partial charge in [-0.25, -0.2) is 0 Å². The van der Waals surface area contributed by atoms with Crippen LogP contribution in [0.2, 0.25) is 0 Å². The summed E-state index contributed by atoms with van der Waals surface area (Å²) in [7, 11) is 0. The molecule has 5 heteroatoms. The molecule has 25 heavy (non-hydrogen) atoms. The number of benzene rings is 1. The highest BCUT2D eigenvalue weighted by atomic mass is 16.5. The lowest BCUT2D eigenvalue weighted by atomic mass is 9.99. The molecule has 2 rings (SSSR count). The summed E-state index contributed by atoms with van der Waals surface area (Å²) in [6.45, 7) is 12.7. The number of aliphatic imine (C=N–C) groups is 1. The smallest absolute Gasteiger partial charge is 0.191 e. The van der Waals surface area contributed by atoms with Crippen LogP contribution >= 0.6 is 0 Å². The third kappa shape index (κ3) is 6.67. The largest absolute Gasteiger partial charge is 0.382 e. The second kappa shape index (κ2) is 11.1. The van der Waals surface area contributed by atoms with E-state index in [0.29, 0.717) is 6.04 Å². The number of ether oxygens (including phenoxy) is 1. The van der Waals surface area contributed by atoms with Gasteiger partial charge in [0.25, 0.3) is 0 Å². The molecule has 140 valence electrons. The van der Waals surface area contributed by atoms with Crippen molar-refractivity contribution >= 4 is 5.96 Å². The van der Waals surface area contributed by atoms with Crippen LogP contribution in [0.3, 0.4) is 0 Å². The van der Waals surface area contributed by atoms with Crippen LogP contribution in [-0.4, -0.2) is 56.3 Å². The lowest BCUT2D eigenvalue weighted by Crippen LogP contribution is -2.42. The summed E-state index contributed by atoms with van der Waals surface area (Å²) in [6, 6.07) is 9.22. The Morgan fingerprint density at radius 3 is 2.80 bits per heavy atom. The summed E-state index contributed by atoms with van der Waals surface area (Å²) in [6.07, 6.45) is 2.14. The number of nitrogens with one attached hydrogen (secondary N) is 2. The molecule has 0 spiro atoms. The summed E-state index contributed by atoms with van der Waals surface area (Å²) in [5.74, 6) is 0.906. The maximum atomic E-state index is 5.37. The van der Waals surface area contributed by atoms with Gasteiger partial charge in [0.15, 0.2) is 5.96 Å². The van der Waals surface area contributed by atoms with Gasteiger partial charge >= 0.3 is 0 Å². The van der Waals surface area contributed by atoms with Gasteiger partial charge in [-0.2, -0.15) is 0 Å². The van der Waals surface area contributed by atoms with Gasteiger partial charge in [-0.15, -0.1) is 0 Å².